The fourth-order valence-electron chi connectivity index (χ4n) is 2.57. The van der Waals surface area contributed by atoms with Gasteiger partial charge < -0.3 is 16.8 Å². The summed E-state index contributed by atoms with van der Waals surface area (Å²) in [5, 5.41) is 2.86. The molecule has 3 atom stereocenters. The standard InChI is InChI=1S/C13H25N3O2/c1-9(10-4-2-5-11(14)8-10)13(18)16-7-3-6-12(15)17/h9-11H,2-8,14H2,1H3,(H2,15,17)(H,16,18). The van der Waals surface area contributed by atoms with Crippen LogP contribution in [-0.4, -0.2) is 24.4 Å². The lowest BCUT2D eigenvalue weighted by atomic mass is 9.78. The van der Waals surface area contributed by atoms with Gasteiger partial charge in [0.15, 0.2) is 0 Å². The molecular weight excluding hydrogens is 230 g/mol. The van der Waals surface area contributed by atoms with E-state index < -0.39 is 0 Å². The molecule has 5 nitrogen and oxygen atoms in total. The van der Waals surface area contributed by atoms with E-state index >= 15 is 0 Å². The molecule has 1 fully saturated rings. The van der Waals surface area contributed by atoms with Crippen LogP contribution >= 0.6 is 0 Å². The van der Waals surface area contributed by atoms with Gasteiger partial charge in [-0.15, -0.1) is 0 Å². The van der Waals surface area contributed by atoms with Crippen molar-refractivity contribution in [2.24, 2.45) is 23.3 Å². The van der Waals surface area contributed by atoms with Crippen LogP contribution in [0.5, 0.6) is 0 Å². The monoisotopic (exact) mass is 255 g/mol. The highest BCUT2D eigenvalue weighted by atomic mass is 16.2. The molecule has 0 aromatic carbocycles. The topological polar surface area (TPSA) is 98.2 Å². The number of hydrogen-bond donors (Lipinski definition) is 3. The van der Waals surface area contributed by atoms with Crippen LogP contribution in [0.3, 0.4) is 0 Å². The Labute approximate surface area is 109 Å². The maximum Gasteiger partial charge on any atom is 0.223 e. The molecule has 104 valence electrons. The molecule has 0 heterocycles. The first-order valence-corrected chi connectivity index (χ1v) is 6.82. The maximum atomic E-state index is 11.9. The van der Waals surface area contributed by atoms with Crippen molar-refractivity contribution in [1.82, 2.24) is 5.32 Å². The fraction of sp³-hybridized carbons (Fsp3) is 0.846. The number of carbonyl (C=O) groups is 2. The van der Waals surface area contributed by atoms with Gasteiger partial charge in [0.25, 0.3) is 0 Å². The third-order valence-electron chi connectivity index (χ3n) is 3.78. The van der Waals surface area contributed by atoms with Gasteiger partial charge in [-0.1, -0.05) is 13.3 Å². The normalized spacial score (nSPS) is 25.4. The molecule has 3 unspecified atom stereocenters. The molecule has 1 aliphatic rings. The lowest BCUT2D eigenvalue weighted by molar-refractivity contribution is -0.126. The van der Waals surface area contributed by atoms with Gasteiger partial charge in [-0.05, 0) is 31.6 Å². The van der Waals surface area contributed by atoms with Crippen molar-refractivity contribution in [2.45, 2.75) is 51.5 Å². The van der Waals surface area contributed by atoms with Gasteiger partial charge >= 0.3 is 0 Å². The second kappa shape index (κ2) is 7.36. The first kappa shape index (κ1) is 15.0. The summed E-state index contributed by atoms with van der Waals surface area (Å²) in [5.41, 5.74) is 11.0. The van der Waals surface area contributed by atoms with E-state index in [2.05, 4.69) is 5.32 Å². The van der Waals surface area contributed by atoms with E-state index in [-0.39, 0.29) is 23.8 Å². The van der Waals surface area contributed by atoms with Gasteiger partial charge in [-0.2, -0.15) is 0 Å². The molecule has 0 bridgehead atoms. The van der Waals surface area contributed by atoms with Crippen molar-refractivity contribution >= 4 is 11.8 Å². The largest absolute Gasteiger partial charge is 0.370 e. The Hall–Kier alpha value is -1.10. The number of hydrogen-bond acceptors (Lipinski definition) is 3. The minimum Gasteiger partial charge on any atom is -0.370 e. The first-order valence-electron chi connectivity index (χ1n) is 6.82. The quantitative estimate of drug-likeness (QED) is 0.603. The lowest BCUT2D eigenvalue weighted by Gasteiger charge is -2.30. The van der Waals surface area contributed by atoms with E-state index in [0.717, 1.165) is 25.7 Å². The molecule has 0 aliphatic heterocycles. The zero-order valence-corrected chi connectivity index (χ0v) is 11.2. The molecule has 1 rings (SSSR count). The van der Waals surface area contributed by atoms with Crippen molar-refractivity contribution in [3.05, 3.63) is 0 Å². The molecule has 5 heteroatoms. The Morgan fingerprint density at radius 2 is 2.11 bits per heavy atom. The van der Waals surface area contributed by atoms with Crippen LogP contribution in [0, 0.1) is 11.8 Å². The van der Waals surface area contributed by atoms with Gasteiger partial charge in [-0.25, -0.2) is 0 Å². The predicted octanol–water partition coefficient (Wildman–Crippen LogP) is 0.522. The van der Waals surface area contributed by atoms with E-state index in [9.17, 15) is 9.59 Å². The van der Waals surface area contributed by atoms with Gasteiger partial charge in [0, 0.05) is 24.9 Å². The van der Waals surface area contributed by atoms with Crippen LogP contribution in [0.2, 0.25) is 0 Å². The molecular formula is C13H25N3O2. The number of rotatable bonds is 6. The Morgan fingerprint density at radius 1 is 1.39 bits per heavy atom. The van der Waals surface area contributed by atoms with Crippen molar-refractivity contribution in [2.75, 3.05) is 6.54 Å². The van der Waals surface area contributed by atoms with Crippen LogP contribution in [-0.2, 0) is 9.59 Å². The number of amides is 2. The van der Waals surface area contributed by atoms with E-state index in [0.29, 0.717) is 25.3 Å². The lowest BCUT2D eigenvalue weighted by Crippen LogP contribution is -2.38. The Morgan fingerprint density at radius 3 is 2.72 bits per heavy atom. The molecule has 0 radical (unpaired) electrons. The summed E-state index contributed by atoms with van der Waals surface area (Å²) >= 11 is 0. The summed E-state index contributed by atoms with van der Waals surface area (Å²) in [6.07, 6.45) is 5.15. The summed E-state index contributed by atoms with van der Waals surface area (Å²) in [4.78, 5) is 22.5. The highest BCUT2D eigenvalue weighted by Crippen LogP contribution is 2.29. The van der Waals surface area contributed by atoms with Crippen molar-refractivity contribution in [3.8, 4) is 0 Å². The smallest absolute Gasteiger partial charge is 0.223 e. The van der Waals surface area contributed by atoms with E-state index in [1.807, 2.05) is 6.92 Å². The number of primary amides is 1. The summed E-state index contributed by atoms with van der Waals surface area (Å²) in [7, 11) is 0. The fourth-order valence-corrected chi connectivity index (χ4v) is 2.57. The molecule has 1 aliphatic carbocycles. The molecule has 5 N–H and O–H groups in total. The highest BCUT2D eigenvalue weighted by Gasteiger charge is 2.28. The van der Waals surface area contributed by atoms with Crippen LogP contribution < -0.4 is 16.8 Å². The third kappa shape index (κ3) is 5.04. The van der Waals surface area contributed by atoms with Gasteiger partial charge in [0.1, 0.15) is 0 Å². The summed E-state index contributed by atoms with van der Waals surface area (Å²) in [6.45, 7) is 2.48. The first-order chi connectivity index (χ1) is 8.50. The second-order valence-electron chi connectivity index (χ2n) is 5.34. The van der Waals surface area contributed by atoms with E-state index in [1.165, 1.54) is 0 Å². The molecule has 0 saturated heterocycles. The average molecular weight is 255 g/mol. The SMILES string of the molecule is CC(C(=O)NCCCC(N)=O)C1CCCC(N)C1. The Balaban J connectivity index is 2.25. The van der Waals surface area contributed by atoms with E-state index in [1.54, 1.807) is 0 Å². The second-order valence-corrected chi connectivity index (χ2v) is 5.34. The minimum atomic E-state index is -0.324. The molecule has 0 aromatic heterocycles. The molecule has 2 amide bonds. The van der Waals surface area contributed by atoms with Crippen molar-refractivity contribution < 1.29 is 9.59 Å². The zero-order valence-electron chi connectivity index (χ0n) is 11.2. The zero-order chi connectivity index (χ0) is 13.5. The minimum absolute atomic E-state index is 0.00456. The molecule has 18 heavy (non-hydrogen) atoms. The number of nitrogens with one attached hydrogen (secondary N) is 1. The Bertz CT molecular complexity index is 294. The van der Waals surface area contributed by atoms with Crippen molar-refractivity contribution in [1.29, 1.82) is 0 Å². The third-order valence-corrected chi connectivity index (χ3v) is 3.78. The molecule has 0 aromatic rings. The number of carbonyl (C=O) groups excluding carboxylic acids is 2. The predicted molar refractivity (Wildman–Crippen MR) is 70.5 cm³/mol. The van der Waals surface area contributed by atoms with E-state index in [4.69, 9.17) is 11.5 Å². The van der Waals surface area contributed by atoms with Gasteiger partial charge in [0.05, 0.1) is 0 Å². The average Bonchev–Trinajstić information content (AvgIpc) is 2.33. The molecule has 1 saturated carbocycles. The summed E-state index contributed by atoms with van der Waals surface area (Å²) < 4.78 is 0. The van der Waals surface area contributed by atoms with Crippen LogP contribution in [0.25, 0.3) is 0 Å². The van der Waals surface area contributed by atoms with Crippen molar-refractivity contribution in [3.63, 3.8) is 0 Å². The highest BCUT2D eigenvalue weighted by molar-refractivity contribution is 5.78. The van der Waals surface area contributed by atoms with Crippen LogP contribution in [0.15, 0.2) is 0 Å². The summed E-state index contributed by atoms with van der Waals surface area (Å²) in [5.74, 6) is 0.143. The van der Waals surface area contributed by atoms with Gasteiger partial charge in [0.2, 0.25) is 11.8 Å². The summed E-state index contributed by atoms with van der Waals surface area (Å²) in [6, 6.07) is 0.244. The maximum absolute atomic E-state index is 11.9. The van der Waals surface area contributed by atoms with Crippen LogP contribution in [0.4, 0.5) is 0 Å². The Kier molecular flexibility index (Phi) is 6.12. The number of nitrogens with two attached hydrogens (primary N) is 2. The van der Waals surface area contributed by atoms with Crippen LogP contribution in [0.1, 0.15) is 45.4 Å². The molecule has 0 spiro atoms. The van der Waals surface area contributed by atoms with Gasteiger partial charge in [-0.3, -0.25) is 9.59 Å².